The van der Waals surface area contributed by atoms with E-state index in [0.717, 1.165) is 0 Å². The second-order valence-electron chi connectivity index (χ2n) is 0.529. The molecule has 0 amide bonds. The van der Waals surface area contributed by atoms with Crippen LogP contribution in [0.3, 0.4) is 0 Å². The van der Waals surface area contributed by atoms with E-state index in [1.165, 1.54) is 5.37 Å². The van der Waals surface area contributed by atoms with Crippen molar-refractivity contribution in [2.24, 2.45) is 0 Å². The Morgan fingerprint density at radius 3 is 2.60 bits per heavy atom. The summed E-state index contributed by atoms with van der Waals surface area (Å²) in [6.45, 7) is 0.384. The molecule has 0 aromatic carbocycles. The number of hydrogen-bond donors (Lipinski definition) is 2. The van der Waals surface area contributed by atoms with Crippen LogP contribution in [0.15, 0.2) is 0 Å². The lowest BCUT2D eigenvalue weighted by Gasteiger charge is -1.77. The van der Waals surface area contributed by atoms with Gasteiger partial charge in [-0.25, -0.2) is 5.48 Å². The molecule has 0 radical (unpaired) electrons. The van der Waals surface area contributed by atoms with Crippen LogP contribution in [0.1, 0.15) is 0 Å². The summed E-state index contributed by atoms with van der Waals surface area (Å²) in [5.41, 5.74) is 1.86. The van der Waals surface area contributed by atoms with E-state index in [1.54, 1.807) is 0 Å². The third kappa shape index (κ3) is 4.01. The van der Waals surface area contributed by atoms with E-state index in [4.69, 9.17) is 5.21 Å². The van der Waals surface area contributed by atoms with Crippen molar-refractivity contribution in [2.75, 3.05) is 6.54 Å². The average molecular weight is 91.1 g/mol. The topological polar surface area (TPSA) is 32.3 Å². The highest BCUT2D eigenvalue weighted by Crippen LogP contribution is 1.41. The number of thiocarbonyl (C=S) groups is 1. The molecule has 0 unspecified atom stereocenters. The lowest BCUT2D eigenvalue weighted by Crippen LogP contribution is -2.07. The summed E-state index contributed by atoms with van der Waals surface area (Å²) in [7, 11) is 0. The largest absolute Gasteiger partial charge is 0.316 e. The second kappa shape index (κ2) is 4.01. The number of hydrogen-bond acceptors (Lipinski definition) is 3. The van der Waals surface area contributed by atoms with Gasteiger partial charge in [-0.2, -0.15) is 0 Å². The normalized spacial score (nSPS) is 7.40. The van der Waals surface area contributed by atoms with E-state index in [0.29, 0.717) is 6.54 Å². The van der Waals surface area contributed by atoms with Crippen LogP contribution < -0.4 is 5.48 Å². The lowest BCUT2D eigenvalue weighted by molar-refractivity contribution is 0.185. The van der Waals surface area contributed by atoms with Gasteiger partial charge in [0.05, 0.1) is 0 Å². The Hall–Kier alpha value is 0.01000. The Labute approximate surface area is 35.8 Å². The van der Waals surface area contributed by atoms with Crippen molar-refractivity contribution in [1.29, 1.82) is 0 Å². The van der Waals surface area contributed by atoms with Gasteiger partial charge in [0.1, 0.15) is 0 Å². The highest BCUT2D eigenvalue weighted by atomic mass is 32.1. The van der Waals surface area contributed by atoms with Crippen LogP contribution in [0.5, 0.6) is 0 Å². The minimum Gasteiger partial charge on any atom is -0.316 e. The quantitative estimate of drug-likeness (QED) is 0.369. The van der Waals surface area contributed by atoms with Crippen LogP contribution >= 0.6 is 12.2 Å². The van der Waals surface area contributed by atoms with Crippen molar-refractivity contribution >= 4 is 17.6 Å². The molecule has 0 spiro atoms. The number of nitrogens with one attached hydrogen (secondary N) is 1. The first kappa shape index (κ1) is 5.01. The highest BCUT2D eigenvalue weighted by Gasteiger charge is 1.60. The van der Waals surface area contributed by atoms with Crippen molar-refractivity contribution in [2.45, 2.75) is 0 Å². The SMILES string of the molecule is ONCC=S. The lowest BCUT2D eigenvalue weighted by atomic mass is 10.8. The fourth-order valence-corrected chi connectivity index (χ4v) is 0.112. The fraction of sp³-hybridized carbons (Fsp3) is 0.500. The van der Waals surface area contributed by atoms with Gasteiger partial charge in [-0.15, -0.1) is 0 Å². The van der Waals surface area contributed by atoms with Gasteiger partial charge >= 0.3 is 0 Å². The molecule has 0 aromatic heterocycles. The molecule has 0 heterocycles. The van der Waals surface area contributed by atoms with Crippen molar-refractivity contribution < 1.29 is 5.21 Å². The molecule has 0 aliphatic carbocycles. The zero-order valence-electron chi connectivity index (χ0n) is 2.64. The minimum atomic E-state index is 0.384. The summed E-state index contributed by atoms with van der Waals surface area (Å²) in [4.78, 5) is 0. The van der Waals surface area contributed by atoms with Crippen LogP contribution in [-0.4, -0.2) is 17.1 Å². The summed E-state index contributed by atoms with van der Waals surface area (Å²) in [6, 6.07) is 0. The third-order valence-electron chi connectivity index (χ3n) is 0.175. The van der Waals surface area contributed by atoms with Gasteiger partial charge in [0.2, 0.25) is 0 Å². The second-order valence-corrected chi connectivity index (χ2v) is 0.862. The van der Waals surface area contributed by atoms with E-state index >= 15 is 0 Å². The van der Waals surface area contributed by atoms with E-state index in [-0.39, 0.29) is 0 Å². The smallest absolute Gasteiger partial charge is 0.0491 e. The first-order valence-electron chi connectivity index (χ1n) is 1.22. The average Bonchev–Trinajstić information content (AvgIpc) is 1.41. The summed E-state index contributed by atoms with van der Waals surface area (Å²) in [5, 5.41) is 9.12. The zero-order valence-corrected chi connectivity index (χ0v) is 3.46. The van der Waals surface area contributed by atoms with Crippen LogP contribution in [0.25, 0.3) is 0 Å². The Kier molecular flexibility index (Phi) is 4.02. The zero-order chi connectivity index (χ0) is 4.12. The van der Waals surface area contributed by atoms with Gasteiger partial charge in [0, 0.05) is 6.54 Å². The molecule has 0 aromatic rings. The van der Waals surface area contributed by atoms with Crippen LogP contribution in [0.2, 0.25) is 0 Å². The summed E-state index contributed by atoms with van der Waals surface area (Å²) in [5.74, 6) is 0. The van der Waals surface area contributed by atoms with Crippen LogP contribution in [0.4, 0.5) is 0 Å². The molecule has 0 atom stereocenters. The van der Waals surface area contributed by atoms with Crippen LogP contribution in [-0.2, 0) is 0 Å². The maximum absolute atomic E-state index is 7.72. The predicted octanol–water partition coefficient (Wildman–Crippen LogP) is -0.0351. The molecule has 0 saturated carbocycles. The molecule has 30 valence electrons. The first-order valence-corrected chi connectivity index (χ1v) is 1.69. The molecule has 2 nitrogen and oxygen atoms in total. The van der Waals surface area contributed by atoms with E-state index in [9.17, 15) is 0 Å². The summed E-state index contributed by atoms with van der Waals surface area (Å²) in [6.07, 6.45) is 0. The molecular formula is C2H5NOS. The van der Waals surface area contributed by atoms with Gasteiger partial charge in [0.15, 0.2) is 0 Å². The molecule has 5 heavy (non-hydrogen) atoms. The van der Waals surface area contributed by atoms with Crippen molar-refractivity contribution in [3.05, 3.63) is 0 Å². The molecule has 0 rings (SSSR count). The summed E-state index contributed by atoms with van der Waals surface area (Å²) >= 11 is 4.30. The molecule has 0 saturated heterocycles. The molecular weight excluding hydrogens is 86.1 g/mol. The fourth-order valence-electron chi connectivity index (χ4n) is 0.0373. The van der Waals surface area contributed by atoms with Gasteiger partial charge in [0.25, 0.3) is 0 Å². The maximum Gasteiger partial charge on any atom is 0.0491 e. The Bertz CT molecular complexity index is 30.8. The number of rotatable bonds is 2. The van der Waals surface area contributed by atoms with E-state index in [1.807, 2.05) is 5.48 Å². The summed E-state index contributed by atoms with van der Waals surface area (Å²) < 4.78 is 0. The highest BCUT2D eigenvalue weighted by molar-refractivity contribution is 7.79. The molecule has 0 aliphatic rings. The van der Waals surface area contributed by atoms with Gasteiger partial charge in [-0.1, -0.05) is 12.2 Å². The molecule has 0 bridgehead atoms. The first-order chi connectivity index (χ1) is 2.41. The van der Waals surface area contributed by atoms with Gasteiger partial charge in [-0.3, -0.25) is 0 Å². The molecule has 0 fully saturated rings. The monoisotopic (exact) mass is 91.0 g/mol. The van der Waals surface area contributed by atoms with E-state index < -0.39 is 0 Å². The third-order valence-corrected chi connectivity index (χ3v) is 0.341. The molecule has 0 aliphatic heterocycles. The van der Waals surface area contributed by atoms with Crippen LogP contribution in [0, 0.1) is 0 Å². The maximum atomic E-state index is 7.72. The van der Waals surface area contributed by atoms with Crippen molar-refractivity contribution in [3.63, 3.8) is 0 Å². The molecule has 3 heteroatoms. The number of hydroxylamine groups is 1. The molecule has 2 N–H and O–H groups in total. The van der Waals surface area contributed by atoms with Gasteiger partial charge < -0.3 is 5.21 Å². The Morgan fingerprint density at radius 2 is 2.60 bits per heavy atom. The van der Waals surface area contributed by atoms with Gasteiger partial charge in [-0.05, 0) is 5.37 Å². The Morgan fingerprint density at radius 1 is 2.00 bits per heavy atom. The standard InChI is InChI=1S/C2H5NOS/c4-3-1-2-5/h2-4H,1H2. The minimum absolute atomic E-state index is 0.384. The predicted molar refractivity (Wildman–Crippen MR) is 23.4 cm³/mol. The van der Waals surface area contributed by atoms with Crippen molar-refractivity contribution in [3.8, 4) is 0 Å². The van der Waals surface area contributed by atoms with E-state index in [2.05, 4.69) is 12.2 Å². The van der Waals surface area contributed by atoms with Crippen molar-refractivity contribution in [1.82, 2.24) is 5.48 Å². The Balaban J connectivity index is 2.40.